The van der Waals surface area contributed by atoms with Crippen molar-refractivity contribution in [1.29, 1.82) is 0 Å². The molecule has 2 N–H and O–H groups in total. The largest absolute Gasteiger partial charge is 0.478 e. The molecule has 18 heavy (non-hydrogen) atoms. The Morgan fingerprint density at radius 3 is 3.06 bits per heavy atom. The van der Waals surface area contributed by atoms with E-state index in [1.165, 1.54) is 12.3 Å². The molecule has 0 amide bonds. The molecule has 0 radical (unpaired) electrons. The lowest BCUT2D eigenvalue weighted by atomic mass is 10.2. The zero-order chi connectivity index (χ0) is 13.1. The number of carboxylic acid groups (broad SMARTS) is 1. The van der Waals surface area contributed by atoms with E-state index in [1.54, 1.807) is 7.11 Å². The van der Waals surface area contributed by atoms with Crippen molar-refractivity contribution >= 4 is 23.4 Å². The van der Waals surface area contributed by atoms with Crippen LogP contribution in [0.1, 0.15) is 29.6 Å². The van der Waals surface area contributed by atoms with Crippen LogP contribution in [0.3, 0.4) is 0 Å². The van der Waals surface area contributed by atoms with Crippen LogP contribution in [0.5, 0.6) is 0 Å². The van der Waals surface area contributed by atoms with Crippen LogP contribution < -0.4 is 5.32 Å². The van der Waals surface area contributed by atoms with Crippen LogP contribution in [-0.2, 0) is 4.74 Å². The molecular weight excluding hydrogens is 256 g/mol. The van der Waals surface area contributed by atoms with Gasteiger partial charge in [0.1, 0.15) is 5.82 Å². The number of ether oxygens (including phenoxy) is 1. The van der Waals surface area contributed by atoms with Crippen LogP contribution in [0.25, 0.3) is 0 Å². The van der Waals surface area contributed by atoms with Crippen molar-refractivity contribution in [3.05, 3.63) is 22.8 Å². The van der Waals surface area contributed by atoms with Crippen LogP contribution in [-0.4, -0.2) is 35.3 Å². The zero-order valence-electron chi connectivity index (χ0n) is 10.0. The van der Waals surface area contributed by atoms with Gasteiger partial charge in [-0.3, -0.25) is 0 Å². The van der Waals surface area contributed by atoms with Gasteiger partial charge in [-0.15, -0.1) is 0 Å². The molecule has 1 heterocycles. The number of nitrogens with zero attached hydrogens (tertiary/aromatic N) is 1. The van der Waals surface area contributed by atoms with E-state index in [0.29, 0.717) is 5.82 Å². The maximum absolute atomic E-state index is 11.0. The summed E-state index contributed by atoms with van der Waals surface area (Å²) in [6, 6.07) is 1.63. The van der Waals surface area contributed by atoms with Crippen molar-refractivity contribution in [2.24, 2.45) is 0 Å². The molecule has 1 aliphatic carbocycles. The van der Waals surface area contributed by atoms with Gasteiger partial charge in [-0.25, -0.2) is 9.78 Å². The first-order valence-electron chi connectivity index (χ1n) is 5.80. The molecule has 1 aliphatic rings. The molecule has 0 bridgehead atoms. The van der Waals surface area contributed by atoms with Crippen molar-refractivity contribution in [3.63, 3.8) is 0 Å². The van der Waals surface area contributed by atoms with Crippen molar-refractivity contribution in [3.8, 4) is 0 Å². The van der Waals surface area contributed by atoms with Gasteiger partial charge in [0, 0.05) is 13.3 Å². The molecule has 2 atom stereocenters. The van der Waals surface area contributed by atoms with E-state index in [0.717, 1.165) is 19.3 Å². The Bertz CT molecular complexity index is 453. The summed E-state index contributed by atoms with van der Waals surface area (Å²) in [4.78, 5) is 15.1. The van der Waals surface area contributed by atoms with E-state index in [4.69, 9.17) is 21.4 Å². The van der Waals surface area contributed by atoms with Crippen molar-refractivity contribution in [1.82, 2.24) is 4.98 Å². The number of carbonyl (C=O) groups is 1. The Morgan fingerprint density at radius 2 is 2.39 bits per heavy atom. The average molecular weight is 271 g/mol. The minimum Gasteiger partial charge on any atom is -0.478 e. The summed E-state index contributed by atoms with van der Waals surface area (Å²) in [6.45, 7) is 0. The fraction of sp³-hybridized carbons (Fsp3) is 0.500. The molecule has 0 saturated heterocycles. The number of carboxylic acids is 1. The number of halogens is 1. The predicted molar refractivity (Wildman–Crippen MR) is 68.3 cm³/mol. The minimum absolute atomic E-state index is 0.0566. The molecule has 2 unspecified atom stereocenters. The molecule has 1 saturated carbocycles. The first-order chi connectivity index (χ1) is 8.61. The monoisotopic (exact) mass is 270 g/mol. The Labute approximate surface area is 110 Å². The third-order valence-corrected chi connectivity index (χ3v) is 3.48. The zero-order valence-corrected chi connectivity index (χ0v) is 10.8. The lowest BCUT2D eigenvalue weighted by Gasteiger charge is -2.20. The summed E-state index contributed by atoms with van der Waals surface area (Å²) in [7, 11) is 1.68. The highest BCUT2D eigenvalue weighted by Gasteiger charge is 2.27. The number of anilines is 1. The number of rotatable bonds is 4. The van der Waals surface area contributed by atoms with Crippen LogP contribution in [0.15, 0.2) is 12.3 Å². The highest BCUT2D eigenvalue weighted by atomic mass is 35.5. The van der Waals surface area contributed by atoms with Crippen molar-refractivity contribution in [2.45, 2.75) is 31.4 Å². The standard InChI is InChI=1S/C12H15ClN2O3/c1-18-10-4-2-3-9(10)15-11-5-7(12(16)17)8(13)6-14-11/h5-6,9-10H,2-4H2,1H3,(H,14,15)(H,16,17). The van der Waals surface area contributed by atoms with Gasteiger partial charge >= 0.3 is 5.97 Å². The molecule has 6 heteroatoms. The Morgan fingerprint density at radius 1 is 1.61 bits per heavy atom. The number of methoxy groups -OCH3 is 1. The van der Waals surface area contributed by atoms with Gasteiger partial charge in [0.15, 0.2) is 0 Å². The third kappa shape index (κ3) is 2.73. The van der Waals surface area contributed by atoms with E-state index in [-0.39, 0.29) is 22.7 Å². The first kappa shape index (κ1) is 13.1. The quantitative estimate of drug-likeness (QED) is 0.879. The van der Waals surface area contributed by atoms with E-state index in [9.17, 15) is 4.79 Å². The first-order valence-corrected chi connectivity index (χ1v) is 6.17. The molecule has 98 valence electrons. The van der Waals surface area contributed by atoms with Crippen LogP contribution in [0, 0.1) is 0 Å². The van der Waals surface area contributed by atoms with Gasteiger partial charge in [0.05, 0.1) is 22.7 Å². The number of pyridine rings is 1. The van der Waals surface area contributed by atoms with Gasteiger partial charge in [0.2, 0.25) is 0 Å². The second-order valence-electron chi connectivity index (χ2n) is 4.31. The van der Waals surface area contributed by atoms with Gasteiger partial charge in [0.25, 0.3) is 0 Å². The van der Waals surface area contributed by atoms with Crippen molar-refractivity contribution in [2.75, 3.05) is 12.4 Å². The molecule has 1 fully saturated rings. The molecule has 0 aromatic carbocycles. The fourth-order valence-electron chi connectivity index (χ4n) is 2.24. The third-order valence-electron chi connectivity index (χ3n) is 3.17. The predicted octanol–water partition coefficient (Wildman–Crippen LogP) is 2.41. The highest BCUT2D eigenvalue weighted by molar-refractivity contribution is 6.33. The molecule has 1 aromatic heterocycles. The smallest absolute Gasteiger partial charge is 0.337 e. The van der Waals surface area contributed by atoms with E-state index >= 15 is 0 Å². The maximum atomic E-state index is 11.0. The van der Waals surface area contributed by atoms with E-state index in [1.807, 2.05) is 0 Å². The number of hydrogen-bond acceptors (Lipinski definition) is 4. The van der Waals surface area contributed by atoms with Gasteiger partial charge in [-0.05, 0) is 25.3 Å². The summed E-state index contributed by atoms with van der Waals surface area (Å²) in [5.74, 6) is -0.536. The summed E-state index contributed by atoms with van der Waals surface area (Å²) < 4.78 is 5.36. The second kappa shape index (κ2) is 5.54. The Hall–Kier alpha value is -1.33. The molecule has 2 rings (SSSR count). The normalized spacial score (nSPS) is 23.0. The average Bonchev–Trinajstić information content (AvgIpc) is 2.78. The fourth-order valence-corrected chi connectivity index (χ4v) is 2.43. The topological polar surface area (TPSA) is 71.5 Å². The maximum Gasteiger partial charge on any atom is 0.337 e. The molecule has 1 aromatic rings. The Balaban J connectivity index is 2.14. The molecule has 0 spiro atoms. The number of nitrogens with one attached hydrogen (secondary N) is 1. The molecule has 0 aliphatic heterocycles. The summed E-state index contributed by atoms with van der Waals surface area (Å²) in [5, 5.41) is 12.3. The number of aromatic carboxylic acids is 1. The lowest BCUT2D eigenvalue weighted by Crippen LogP contribution is -2.30. The van der Waals surface area contributed by atoms with Crippen LogP contribution >= 0.6 is 11.6 Å². The molecular formula is C12H15ClN2O3. The summed E-state index contributed by atoms with van der Waals surface area (Å²) in [5.41, 5.74) is 0.0566. The Kier molecular flexibility index (Phi) is 4.04. The lowest BCUT2D eigenvalue weighted by molar-refractivity contribution is 0.0697. The van der Waals surface area contributed by atoms with Gasteiger partial charge in [-0.1, -0.05) is 11.6 Å². The van der Waals surface area contributed by atoms with Gasteiger partial charge < -0.3 is 15.2 Å². The highest BCUT2D eigenvalue weighted by Crippen LogP contribution is 2.25. The van der Waals surface area contributed by atoms with Crippen LogP contribution in [0.4, 0.5) is 5.82 Å². The minimum atomic E-state index is -1.06. The number of aromatic nitrogens is 1. The summed E-state index contributed by atoms with van der Waals surface area (Å²) in [6.07, 6.45) is 4.59. The van der Waals surface area contributed by atoms with Gasteiger partial charge in [-0.2, -0.15) is 0 Å². The van der Waals surface area contributed by atoms with Crippen LogP contribution in [0.2, 0.25) is 5.02 Å². The van der Waals surface area contributed by atoms with E-state index in [2.05, 4.69) is 10.3 Å². The summed E-state index contributed by atoms with van der Waals surface area (Å²) >= 11 is 5.77. The molecule has 5 nitrogen and oxygen atoms in total. The van der Waals surface area contributed by atoms with Crippen molar-refractivity contribution < 1.29 is 14.6 Å². The van der Waals surface area contributed by atoms with E-state index < -0.39 is 5.97 Å². The number of hydrogen-bond donors (Lipinski definition) is 2. The second-order valence-corrected chi connectivity index (χ2v) is 4.72. The SMILES string of the molecule is COC1CCCC1Nc1cc(C(=O)O)c(Cl)cn1.